The van der Waals surface area contributed by atoms with E-state index in [-0.39, 0.29) is 5.91 Å². The van der Waals surface area contributed by atoms with Crippen LogP contribution in [0.15, 0.2) is 47.3 Å². The standard InChI is InChI=1S/C24H30ClN3O4S/c1-17(33(2,30)31)21-6-4-3-5-19(16-26-21)32-14-13-28-11-9-24(10-12-28)20-15-18(25)7-8-22(20)27-23(24)29/h3,5,7-8,15-17H,4,6,9-14H2,1-2H3,(H,27,29)/b5-3-,19-16+,26-21+. The number of fused-ring (bicyclic) bond motifs is 2. The monoisotopic (exact) mass is 491 g/mol. The molecule has 3 heterocycles. The lowest BCUT2D eigenvalue weighted by Gasteiger charge is -2.38. The lowest BCUT2D eigenvalue weighted by Crippen LogP contribution is -2.47. The number of aliphatic imine (C=N–C) groups is 1. The van der Waals surface area contributed by atoms with Gasteiger partial charge in [0.2, 0.25) is 5.91 Å². The van der Waals surface area contributed by atoms with E-state index >= 15 is 0 Å². The Hall–Kier alpha value is -2.16. The highest BCUT2D eigenvalue weighted by Gasteiger charge is 2.48. The molecule has 1 unspecified atom stereocenters. The van der Waals surface area contributed by atoms with Crippen LogP contribution >= 0.6 is 11.6 Å². The SMILES string of the molecule is CC(/C1=N/C=C(OCCN2CCC3(CC2)C(=O)Nc2ccc(Cl)cc23)\C=C/CC1)S(C)(=O)=O. The molecular formula is C24H30ClN3O4S. The van der Waals surface area contributed by atoms with Crippen molar-refractivity contribution in [3.63, 3.8) is 0 Å². The maximum absolute atomic E-state index is 12.8. The normalized spacial score (nSPS) is 25.6. The predicted molar refractivity (Wildman–Crippen MR) is 132 cm³/mol. The predicted octanol–water partition coefficient (Wildman–Crippen LogP) is 3.71. The highest BCUT2D eigenvalue weighted by atomic mass is 35.5. The molecule has 1 fully saturated rings. The van der Waals surface area contributed by atoms with Gasteiger partial charge in [-0.15, -0.1) is 0 Å². The highest BCUT2D eigenvalue weighted by Crippen LogP contribution is 2.45. The van der Waals surface area contributed by atoms with Gasteiger partial charge in [0.1, 0.15) is 12.4 Å². The number of nitrogens with zero attached hydrogens (tertiary/aromatic N) is 2. The number of sulfone groups is 1. The molecule has 1 amide bonds. The average Bonchev–Trinajstić information content (AvgIpc) is 3.01. The fraction of sp³-hybridized carbons (Fsp3) is 0.500. The zero-order valence-corrected chi connectivity index (χ0v) is 20.6. The Bertz CT molecular complexity index is 1120. The second-order valence-electron chi connectivity index (χ2n) is 8.98. The number of nitrogens with one attached hydrogen (secondary N) is 1. The number of ether oxygens (including phenoxy) is 1. The fourth-order valence-electron chi connectivity index (χ4n) is 4.66. The summed E-state index contributed by atoms with van der Waals surface area (Å²) < 4.78 is 29.7. The Balaban J connectivity index is 1.33. The zero-order chi connectivity index (χ0) is 23.6. The lowest BCUT2D eigenvalue weighted by atomic mass is 9.73. The van der Waals surface area contributed by atoms with E-state index in [9.17, 15) is 13.2 Å². The third-order valence-corrected chi connectivity index (χ3v) is 8.68. The molecule has 9 heteroatoms. The first-order valence-corrected chi connectivity index (χ1v) is 13.6. The first kappa shape index (κ1) is 24.0. The molecule has 1 aromatic carbocycles. The number of carbonyl (C=O) groups is 1. The third kappa shape index (κ3) is 5.18. The van der Waals surface area contributed by atoms with Crippen molar-refractivity contribution in [3.05, 3.63) is 52.9 Å². The van der Waals surface area contributed by atoms with E-state index in [1.54, 1.807) is 19.2 Å². The molecular weight excluding hydrogens is 462 g/mol. The van der Waals surface area contributed by atoms with E-state index < -0.39 is 20.5 Å². The first-order valence-electron chi connectivity index (χ1n) is 11.3. The molecule has 4 rings (SSSR count). The number of hydrogen-bond donors (Lipinski definition) is 1. The molecule has 0 aliphatic carbocycles. The molecule has 1 aromatic rings. The summed E-state index contributed by atoms with van der Waals surface area (Å²) in [6, 6.07) is 5.60. The summed E-state index contributed by atoms with van der Waals surface area (Å²) in [6.45, 7) is 4.50. The molecule has 0 aromatic heterocycles. The number of anilines is 1. The molecule has 1 N–H and O–H groups in total. The number of amides is 1. The number of piperidine rings is 1. The van der Waals surface area contributed by atoms with E-state index in [4.69, 9.17) is 16.3 Å². The summed E-state index contributed by atoms with van der Waals surface area (Å²) in [5.74, 6) is 0.692. The van der Waals surface area contributed by atoms with Gasteiger partial charge in [-0.1, -0.05) is 17.7 Å². The topological polar surface area (TPSA) is 88.1 Å². The third-order valence-electron chi connectivity index (χ3n) is 6.88. The van der Waals surface area contributed by atoms with Gasteiger partial charge in [-0.05, 0) is 75.5 Å². The van der Waals surface area contributed by atoms with Crippen molar-refractivity contribution in [1.82, 2.24) is 4.90 Å². The molecule has 178 valence electrons. The largest absolute Gasteiger partial charge is 0.491 e. The van der Waals surface area contributed by atoms with Gasteiger partial charge < -0.3 is 10.1 Å². The minimum absolute atomic E-state index is 0.0671. The molecule has 1 spiro atoms. The van der Waals surface area contributed by atoms with Crippen molar-refractivity contribution >= 4 is 38.7 Å². The van der Waals surface area contributed by atoms with Crippen molar-refractivity contribution in [2.45, 2.75) is 43.3 Å². The molecule has 0 saturated carbocycles. The highest BCUT2D eigenvalue weighted by molar-refractivity contribution is 7.92. The van der Waals surface area contributed by atoms with Crippen LogP contribution in [0.5, 0.6) is 0 Å². The average molecular weight is 492 g/mol. The molecule has 33 heavy (non-hydrogen) atoms. The summed E-state index contributed by atoms with van der Waals surface area (Å²) in [6.07, 6.45) is 9.55. The second kappa shape index (κ2) is 9.60. The van der Waals surface area contributed by atoms with Gasteiger partial charge in [-0.25, -0.2) is 8.42 Å². The van der Waals surface area contributed by atoms with Gasteiger partial charge in [0.15, 0.2) is 9.84 Å². The summed E-state index contributed by atoms with van der Waals surface area (Å²) in [5, 5.41) is 3.06. The summed E-state index contributed by atoms with van der Waals surface area (Å²) in [7, 11) is -3.18. The Morgan fingerprint density at radius 2 is 2.06 bits per heavy atom. The molecule has 3 aliphatic rings. The lowest BCUT2D eigenvalue weighted by molar-refractivity contribution is -0.122. The smallest absolute Gasteiger partial charge is 0.235 e. The molecule has 3 aliphatic heterocycles. The minimum atomic E-state index is -3.18. The minimum Gasteiger partial charge on any atom is -0.491 e. The molecule has 7 nitrogen and oxygen atoms in total. The van der Waals surface area contributed by atoms with E-state index in [1.165, 1.54) is 6.26 Å². The fourth-order valence-corrected chi connectivity index (χ4v) is 5.50. The molecule has 0 radical (unpaired) electrons. The van der Waals surface area contributed by atoms with Crippen molar-refractivity contribution in [1.29, 1.82) is 0 Å². The second-order valence-corrected chi connectivity index (χ2v) is 11.8. The van der Waals surface area contributed by atoms with Gasteiger partial charge in [-0.3, -0.25) is 14.7 Å². The van der Waals surface area contributed by atoms with Crippen LogP contribution in [0.25, 0.3) is 0 Å². The van der Waals surface area contributed by atoms with E-state index in [0.29, 0.717) is 29.5 Å². The number of rotatable bonds is 6. The van der Waals surface area contributed by atoms with E-state index in [1.807, 2.05) is 24.3 Å². The molecule has 0 bridgehead atoms. The number of likely N-dealkylation sites (tertiary alicyclic amines) is 1. The maximum atomic E-state index is 12.8. The van der Waals surface area contributed by atoms with Crippen molar-refractivity contribution in [2.24, 2.45) is 4.99 Å². The molecule has 1 atom stereocenters. The zero-order valence-electron chi connectivity index (χ0n) is 19.0. The Kier molecular flexibility index (Phi) is 6.98. The van der Waals surface area contributed by atoms with Crippen LogP contribution in [0.2, 0.25) is 5.02 Å². The Morgan fingerprint density at radius 1 is 1.30 bits per heavy atom. The summed E-state index contributed by atoms with van der Waals surface area (Å²) in [5.41, 5.74) is 2.04. The number of allylic oxidation sites excluding steroid dienone is 2. The van der Waals surface area contributed by atoms with Crippen LogP contribution < -0.4 is 5.32 Å². The summed E-state index contributed by atoms with van der Waals surface area (Å²) >= 11 is 6.20. The number of benzene rings is 1. The van der Waals surface area contributed by atoms with Gasteiger partial charge in [-0.2, -0.15) is 0 Å². The van der Waals surface area contributed by atoms with E-state index in [0.717, 1.165) is 50.1 Å². The van der Waals surface area contributed by atoms with Crippen LogP contribution in [-0.2, 0) is 24.8 Å². The first-order chi connectivity index (χ1) is 15.7. The van der Waals surface area contributed by atoms with Crippen LogP contribution in [0.1, 0.15) is 38.2 Å². The number of carbonyl (C=O) groups excluding carboxylic acids is 1. The van der Waals surface area contributed by atoms with Crippen molar-refractivity contribution in [2.75, 3.05) is 37.8 Å². The van der Waals surface area contributed by atoms with Gasteiger partial charge >= 0.3 is 0 Å². The number of hydrogen-bond acceptors (Lipinski definition) is 6. The van der Waals surface area contributed by atoms with Crippen LogP contribution in [-0.4, -0.2) is 62.7 Å². The number of halogens is 1. The van der Waals surface area contributed by atoms with Gasteiger partial charge in [0.05, 0.1) is 16.9 Å². The Labute approximate surface area is 200 Å². The van der Waals surface area contributed by atoms with Crippen molar-refractivity contribution in [3.8, 4) is 0 Å². The molecule has 1 saturated heterocycles. The Morgan fingerprint density at radius 3 is 2.79 bits per heavy atom. The van der Waals surface area contributed by atoms with Crippen LogP contribution in [0, 0.1) is 0 Å². The van der Waals surface area contributed by atoms with Crippen LogP contribution in [0.3, 0.4) is 0 Å². The summed E-state index contributed by atoms with van der Waals surface area (Å²) in [4.78, 5) is 19.5. The maximum Gasteiger partial charge on any atom is 0.235 e. The van der Waals surface area contributed by atoms with Gasteiger partial charge in [0.25, 0.3) is 0 Å². The van der Waals surface area contributed by atoms with E-state index in [2.05, 4.69) is 15.2 Å². The van der Waals surface area contributed by atoms with Crippen molar-refractivity contribution < 1.29 is 17.9 Å². The van der Waals surface area contributed by atoms with Crippen LogP contribution in [0.4, 0.5) is 5.69 Å². The quantitative estimate of drug-likeness (QED) is 0.655. The van der Waals surface area contributed by atoms with Gasteiger partial charge in [0, 0.05) is 29.2 Å².